The number of imidazole rings is 1. The van der Waals surface area contributed by atoms with Crippen LogP contribution in [-0.2, 0) is 11.8 Å². The minimum atomic E-state index is -0.543. The molecule has 0 atom stereocenters. The Morgan fingerprint density at radius 3 is 2.57 bits per heavy atom. The highest BCUT2D eigenvalue weighted by molar-refractivity contribution is 9.10. The van der Waals surface area contributed by atoms with Crippen molar-refractivity contribution in [3.8, 4) is 11.8 Å². The molecule has 2 aromatic carbocycles. The van der Waals surface area contributed by atoms with Crippen molar-refractivity contribution in [2.75, 3.05) is 0 Å². The second kappa shape index (κ2) is 6.64. The van der Waals surface area contributed by atoms with Crippen molar-refractivity contribution in [3.05, 3.63) is 64.5 Å². The Balaban J connectivity index is 1.89. The average Bonchev–Trinajstić information content (AvgIpc) is 3.31. The standard InChI is InChI=1S/C23H19BrN6/c1-4-20-27-28-22-29(16-8-5-14(6-9-16)23(2,3)13-25)21-17-11-15(24)7-10-18(17)26-12-19(21)30(20)22/h5-12H,4H2,1-3H3. The van der Waals surface area contributed by atoms with Gasteiger partial charge in [0.1, 0.15) is 5.82 Å². The molecule has 0 saturated heterocycles. The van der Waals surface area contributed by atoms with E-state index in [1.54, 1.807) is 0 Å². The predicted molar refractivity (Wildman–Crippen MR) is 121 cm³/mol. The van der Waals surface area contributed by atoms with E-state index >= 15 is 0 Å². The van der Waals surface area contributed by atoms with E-state index in [9.17, 15) is 5.26 Å². The fourth-order valence-corrected chi connectivity index (χ4v) is 4.26. The zero-order valence-electron chi connectivity index (χ0n) is 16.9. The average molecular weight is 459 g/mol. The first-order valence-electron chi connectivity index (χ1n) is 9.79. The molecule has 0 aliphatic heterocycles. The summed E-state index contributed by atoms with van der Waals surface area (Å²) < 4.78 is 5.20. The fraction of sp³-hybridized carbons (Fsp3) is 0.217. The molecule has 0 spiro atoms. The molecule has 6 nitrogen and oxygen atoms in total. The first-order chi connectivity index (χ1) is 14.4. The van der Waals surface area contributed by atoms with Crippen LogP contribution < -0.4 is 0 Å². The Morgan fingerprint density at radius 2 is 1.87 bits per heavy atom. The molecule has 0 aliphatic rings. The summed E-state index contributed by atoms with van der Waals surface area (Å²) in [7, 11) is 0. The zero-order valence-corrected chi connectivity index (χ0v) is 18.5. The van der Waals surface area contributed by atoms with Crippen LogP contribution in [-0.4, -0.2) is 24.1 Å². The molecule has 7 heteroatoms. The summed E-state index contributed by atoms with van der Waals surface area (Å²) in [6.07, 6.45) is 2.66. The summed E-state index contributed by atoms with van der Waals surface area (Å²) in [4.78, 5) is 4.67. The molecular weight excluding hydrogens is 440 g/mol. The molecule has 30 heavy (non-hydrogen) atoms. The summed E-state index contributed by atoms with van der Waals surface area (Å²) in [6.45, 7) is 5.92. The first kappa shape index (κ1) is 18.8. The number of benzene rings is 2. The van der Waals surface area contributed by atoms with E-state index in [-0.39, 0.29) is 0 Å². The molecule has 3 heterocycles. The van der Waals surface area contributed by atoms with Gasteiger partial charge in [-0.15, -0.1) is 10.2 Å². The molecule has 0 fully saturated rings. The maximum absolute atomic E-state index is 9.47. The lowest BCUT2D eigenvalue weighted by Crippen LogP contribution is -2.13. The van der Waals surface area contributed by atoms with Gasteiger partial charge in [-0.05, 0) is 49.7 Å². The lowest BCUT2D eigenvalue weighted by molar-refractivity contribution is 0.687. The van der Waals surface area contributed by atoms with E-state index in [2.05, 4.69) is 59.1 Å². The van der Waals surface area contributed by atoms with Crippen molar-refractivity contribution in [2.45, 2.75) is 32.6 Å². The molecule has 0 saturated carbocycles. The van der Waals surface area contributed by atoms with Gasteiger partial charge in [0.05, 0.1) is 34.2 Å². The molecule has 0 radical (unpaired) electrons. The number of halogens is 1. The van der Waals surface area contributed by atoms with Gasteiger partial charge >= 0.3 is 0 Å². The van der Waals surface area contributed by atoms with Crippen LogP contribution in [0.2, 0.25) is 0 Å². The van der Waals surface area contributed by atoms with Gasteiger partial charge in [-0.3, -0.25) is 14.0 Å². The summed E-state index contributed by atoms with van der Waals surface area (Å²) in [5, 5.41) is 19.4. The van der Waals surface area contributed by atoms with Gasteiger partial charge in [0, 0.05) is 22.0 Å². The number of aryl methyl sites for hydroxylation is 1. The van der Waals surface area contributed by atoms with Crippen molar-refractivity contribution >= 4 is 43.6 Å². The highest BCUT2D eigenvalue weighted by Crippen LogP contribution is 2.33. The number of hydrogen-bond acceptors (Lipinski definition) is 4. The van der Waals surface area contributed by atoms with E-state index in [4.69, 9.17) is 0 Å². The van der Waals surface area contributed by atoms with Gasteiger partial charge in [0.2, 0.25) is 5.78 Å². The van der Waals surface area contributed by atoms with Crippen LogP contribution in [0.1, 0.15) is 32.2 Å². The molecule has 0 amide bonds. The van der Waals surface area contributed by atoms with Gasteiger partial charge in [-0.1, -0.05) is 35.0 Å². The Hall–Kier alpha value is -3.24. The third kappa shape index (κ3) is 2.64. The van der Waals surface area contributed by atoms with Gasteiger partial charge in [0.25, 0.3) is 0 Å². The summed E-state index contributed by atoms with van der Waals surface area (Å²) in [6, 6.07) is 16.6. The Morgan fingerprint density at radius 1 is 1.10 bits per heavy atom. The van der Waals surface area contributed by atoms with Crippen LogP contribution in [0.5, 0.6) is 0 Å². The highest BCUT2D eigenvalue weighted by atomic mass is 79.9. The molecule has 5 aromatic rings. The minimum absolute atomic E-state index is 0.543. The number of aromatic nitrogens is 5. The molecule has 5 rings (SSSR count). The van der Waals surface area contributed by atoms with Crippen LogP contribution in [0, 0.1) is 11.3 Å². The third-order valence-corrected chi connectivity index (χ3v) is 6.10. The molecule has 0 aliphatic carbocycles. The lowest BCUT2D eigenvalue weighted by atomic mass is 9.86. The van der Waals surface area contributed by atoms with Crippen LogP contribution in [0.25, 0.3) is 33.4 Å². The van der Waals surface area contributed by atoms with Crippen LogP contribution in [0.15, 0.2) is 53.1 Å². The van der Waals surface area contributed by atoms with Crippen molar-refractivity contribution in [1.82, 2.24) is 24.1 Å². The smallest absolute Gasteiger partial charge is 0.241 e. The largest absolute Gasteiger partial charge is 0.276 e. The Labute approximate surface area is 181 Å². The molecule has 3 aromatic heterocycles. The SMILES string of the molecule is CCc1nnc2n(-c3ccc(C(C)(C)C#N)cc3)c3c4cc(Br)ccc4ncc3n12. The highest BCUT2D eigenvalue weighted by Gasteiger charge is 2.22. The molecule has 0 unspecified atom stereocenters. The summed E-state index contributed by atoms with van der Waals surface area (Å²) in [5.41, 5.74) is 4.33. The number of nitrogens with zero attached hydrogens (tertiary/aromatic N) is 6. The van der Waals surface area contributed by atoms with E-state index in [0.717, 1.165) is 55.7 Å². The predicted octanol–water partition coefficient (Wildman–Crippen LogP) is 5.35. The number of fused-ring (bicyclic) bond motifs is 5. The number of rotatable bonds is 3. The maximum Gasteiger partial charge on any atom is 0.241 e. The van der Waals surface area contributed by atoms with Gasteiger partial charge in [0.15, 0.2) is 0 Å². The van der Waals surface area contributed by atoms with Crippen molar-refractivity contribution in [1.29, 1.82) is 5.26 Å². The summed E-state index contributed by atoms with van der Waals surface area (Å²) in [5.74, 6) is 1.65. The van der Waals surface area contributed by atoms with Gasteiger partial charge < -0.3 is 0 Å². The minimum Gasteiger partial charge on any atom is -0.276 e. The number of pyridine rings is 1. The second-order valence-corrected chi connectivity index (χ2v) is 8.79. The summed E-state index contributed by atoms with van der Waals surface area (Å²) >= 11 is 3.60. The second-order valence-electron chi connectivity index (χ2n) is 7.88. The van der Waals surface area contributed by atoms with E-state index < -0.39 is 5.41 Å². The molecule has 0 bridgehead atoms. The quantitative estimate of drug-likeness (QED) is 0.365. The van der Waals surface area contributed by atoms with Gasteiger partial charge in [-0.25, -0.2) is 0 Å². The zero-order chi connectivity index (χ0) is 21.0. The molecule has 148 valence electrons. The normalized spacial score (nSPS) is 12.1. The van der Waals surface area contributed by atoms with Crippen molar-refractivity contribution in [2.24, 2.45) is 0 Å². The maximum atomic E-state index is 9.47. The lowest BCUT2D eigenvalue weighted by Gasteiger charge is -2.16. The van der Waals surface area contributed by atoms with Crippen LogP contribution in [0.3, 0.4) is 0 Å². The van der Waals surface area contributed by atoms with Crippen LogP contribution >= 0.6 is 15.9 Å². The molecular formula is C23H19BrN6. The van der Waals surface area contributed by atoms with E-state index in [1.807, 2.05) is 56.4 Å². The van der Waals surface area contributed by atoms with Crippen molar-refractivity contribution < 1.29 is 0 Å². The Bertz CT molecular complexity index is 1470. The number of nitriles is 1. The Kier molecular flexibility index (Phi) is 4.16. The van der Waals surface area contributed by atoms with E-state index in [1.165, 1.54) is 0 Å². The van der Waals surface area contributed by atoms with E-state index in [0.29, 0.717) is 0 Å². The topological polar surface area (TPSA) is 71.8 Å². The first-order valence-corrected chi connectivity index (χ1v) is 10.6. The van der Waals surface area contributed by atoms with Gasteiger partial charge in [-0.2, -0.15) is 5.26 Å². The van der Waals surface area contributed by atoms with Crippen LogP contribution in [0.4, 0.5) is 0 Å². The number of hydrogen-bond donors (Lipinski definition) is 0. The van der Waals surface area contributed by atoms with Crippen molar-refractivity contribution in [3.63, 3.8) is 0 Å². The fourth-order valence-electron chi connectivity index (χ4n) is 3.90. The third-order valence-electron chi connectivity index (χ3n) is 5.60. The monoisotopic (exact) mass is 458 g/mol. The molecule has 0 N–H and O–H groups in total.